The smallest absolute Gasteiger partial charge is 0.344 e. The molecule has 2 fully saturated rings. The molecule has 0 saturated carbocycles. The summed E-state index contributed by atoms with van der Waals surface area (Å²) in [5.74, 6) is 0.256. The maximum atomic E-state index is 13.0. The zero-order chi connectivity index (χ0) is 27.1. The Labute approximate surface area is 234 Å². The number of aliphatic imine (C=N–C) groups is 1. The number of rotatable bonds is 9. The number of morpholine rings is 1. The number of likely N-dealkylation sites (N-methyl/N-ethyl adjacent to an activating group) is 1. The molecule has 1 amide bonds. The Hall–Kier alpha value is -3.02. The molecule has 0 aromatic heterocycles. The molecule has 2 aliphatic rings. The summed E-state index contributed by atoms with van der Waals surface area (Å²) in [5.41, 5.74) is 2.64. The lowest BCUT2D eigenvalue weighted by Gasteiger charge is -2.28. The summed E-state index contributed by atoms with van der Waals surface area (Å²) in [5, 5.41) is 0.593. The van der Waals surface area contributed by atoms with Crippen molar-refractivity contribution in [2.45, 2.75) is 13.8 Å². The number of carbonyl (C=O) groups is 2. The van der Waals surface area contributed by atoms with Crippen LogP contribution in [0.3, 0.4) is 0 Å². The molecule has 0 radical (unpaired) electrons. The highest BCUT2D eigenvalue weighted by Gasteiger charge is 2.30. The average Bonchev–Trinajstić information content (AvgIpc) is 3.18. The van der Waals surface area contributed by atoms with Crippen LogP contribution in [0.15, 0.2) is 50.8 Å². The minimum absolute atomic E-state index is 0.147. The van der Waals surface area contributed by atoms with Gasteiger partial charge in [-0.15, -0.1) is 0 Å². The molecule has 0 spiro atoms. The largest absolute Gasteiger partial charge is 0.490 e. The van der Waals surface area contributed by atoms with Gasteiger partial charge in [0.2, 0.25) is 0 Å². The van der Waals surface area contributed by atoms with E-state index in [0.29, 0.717) is 32.7 Å². The maximum absolute atomic E-state index is 13.0. The minimum Gasteiger partial charge on any atom is -0.490 e. The van der Waals surface area contributed by atoms with Crippen LogP contribution in [-0.4, -0.2) is 75.1 Å². The zero-order valence-electron chi connectivity index (χ0n) is 21.6. The molecular weight excluding hydrogens is 574 g/mol. The number of ether oxygens (including phenoxy) is 4. The van der Waals surface area contributed by atoms with Gasteiger partial charge in [0, 0.05) is 30.3 Å². The Kier molecular flexibility index (Phi) is 9.70. The predicted molar refractivity (Wildman–Crippen MR) is 152 cm³/mol. The number of amidine groups is 1. The van der Waals surface area contributed by atoms with Gasteiger partial charge in [-0.05, 0) is 73.6 Å². The van der Waals surface area contributed by atoms with Crippen LogP contribution in [0.4, 0.5) is 11.4 Å². The molecule has 9 nitrogen and oxygen atoms in total. The standard InChI is InChI=1S/C27H30BrN3O6S/c1-4-35-22-14-18(21(28)16-23(22)37-17-25(32)36-5-2)15-24-26(33)30(3)27(38-24)29-19-6-8-20(9-7-19)31-10-12-34-13-11-31/h6-9,14-16H,4-5,10-13,17H2,1-3H3/b24-15-,29-27?. The molecule has 0 unspecified atom stereocenters. The number of anilines is 1. The summed E-state index contributed by atoms with van der Waals surface area (Å²) in [7, 11) is 1.71. The third-order valence-electron chi connectivity index (χ3n) is 5.75. The van der Waals surface area contributed by atoms with E-state index in [1.54, 1.807) is 37.1 Å². The summed E-state index contributed by atoms with van der Waals surface area (Å²) in [6.45, 7) is 7.25. The number of carbonyl (C=O) groups excluding carboxylic acids is 2. The second-order valence-corrected chi connectivity index (χ2v) is 10.2. The van der Waals surface area contributed by atoms with Crippen molar-refractivity contribution in [2.75, 3.05) is 58.1 Å². The first-order valence-corrected chi connectivity index (χ1v) is 13.9. The lowest BCUT2D eigenvalue weighted by Crippen LogP contribution is -2.36. The monoisotopic (exact) mass is 603 g/mol. The minimum atomic E-state index is -0.462. The molecular formula is C27H30BrN3O6S. The topological polar surface area (TPSA) is 89.9 Å². The fraction of sp³-hybridized carbons (Fsp3) is 0.370. The van der Waals surface area contributed by atoms with E-state index in [1.807, 2.05) is 31.2 Å². The van der Waals surface area contributed by atoms with Crippen LogP contribution in [0.25, 0.3) is 6.08 Å². The highest BCUT2D eigenvalue weighted by Crippen LogP contribution is 2.38. The Morgan fingerprint density at radius 1 is 1.11 bits per heavy atom. The highest BCUT2D eigenvalue weighted by molar-refractivity contribution is 9.10. The van der Waals surface area contributed by atoms with Gasteiger partial charge < -0.3 is 23.8 Å². The fourth-order valence-corrected chi connectivity index (χ4v) is 5.26. The second kappa shape index (κ2) is 13.2. The number of thioether (sulfide) groups is 1. The number of amides is 1. The molecule has 0 bridgehead atoms. The normalized spacial score (nSPS) is 17.8. The number of benzene rings is 2. The van der Waals surface area contributed by atoms with Crippen LogP contribution in [0.5, 0.6) is 11.5 Å². The van der Waals surface area contributed by atoms with Gasteiger partial charge in [0.05, 0.1) is 37.0 Å². The van der Waals surface area contributed by atoms with Gasteiger partial charge in [-0.25, -0.2) is 9.79 Å². The van der Waals surface area contributed by atoms with Gasteiger partial charge in [-0.2, -0.15) is 0 Å². The van der Waals surface area contributed by atoms with Crippen LogP contribution < -0.4 is 14.4 Å². The maximum Gasteiger partial charge on any atom is 0.344 e. The van der Waals surface area contributed by atoms with Crippen LogP contribution in [0.1, 0.15) is 19.4 Å². The fourth-order valence-electron chi connectivity index (χ4n) is 3.84. The van der Waals surface area contributed by atoms with E-state index in [2.05, 4.69) is 20.8 Å². The molecule has 0 aliphatic carbocycles. The number of esters is 1. The van der Waals surface area contributed by atoms with Gasteiger partial charge in [0.1, 0.15) is 0 Å². The summed E-state index contributed by atoms with van der Waals surface area (Å²) < 4.78 is 22.4. The molecule has 202 valence electrons. The Morgan fingerprint density at radius 3 is 2.50 bits per heavy atom. The Morgan fingerprint density at radius 2 is 1.82 bits per heavy atom. The number of hydrogen-bond donors (Lipinski definition) is 0. The number of halogens is 1. The molecule has 2 aromatic rings. The van der Waals surface area contributed by atoms with E-state index >= 15 is 0 Å². The SMILES string of the molecule is CCOC(=O)COc1cc(Br)c(/C=C2\SC(=Nc3ccc(N4CCOCC4)cc3)N(C)C2=O)cc1OCC. The van der Waals surface area contributed by atoms with E-state index in [0.717, 1.165) is 43.2 Å². The van der Waals surface area contributed by atoms with Gasteiger partial charge in [-0.3, -0.25) is 9.69 Å². The molecule has 2 heterocycles. The van der Waals surface area contributed by atoms with Gasteiger partial charge in [0.25, 0.3) is 5.91 Å². The second-order valence-electron chi connectivity index (χ2n) is 8.33. The van der Waals surface area contributed by atoms with E-state index in [1.165, 1.54) is 11.8 Å². The summed E-state index contributed by atoms with van der Waals surface area (Å²) in [4.78, 5) is 33.8. The van der Waals surface area contributed by atoms with Gasteiger partial charge in [-0.1, -0.05) is 15.9 Å². The van der Waals surface area contributed by atoms with Crippen LogP contribution >= 0.6 is 27.7 Å². The lowest BCUT2D eigenvalue weighted by molar-refractivity contribution is -0.145. The molecule has 2 aliphatic heterocycles. The average molecular weight is 605 g/mol. The third-order valence-corrected chi connectivity index (χ3v) is 7.50. The van der Waals surface area contributed by atoms with E-state index in [9.17, 15) is 9.59 Å². The molecule has 0 N–H and O–H groups in total. The van der Waals surface area contributed by atoms with Crippen LogP contribution in [-0.2, 0) is 19.1 Å². The predicted octanol–water partition coefficient (Wildman–Crippen LogP) is 4.86. The summed E-state index contributed by atoms with van der Waals surface area (Å²) in [6.07, 6.45) is 1.79. The van der Waals surface area contributed by atoms with E-state index in [4.69, 9.17) is 23.9 Å². The molecule has 2 saturated heterocycles. The lowest BCUT2D eigenvalue weighted by atomic mass is 10.2. The van der Waals surface area contributed by atoms with Crippen LogP contribution in [0.2, 0.25) is 0 Å². The quantitative estimate of drug-likeness (QED) is 0.296. The Bertz CT molecular complexity index is 1230. The summed E-state index contributed by atoms with van der Waals surface area (Å²) >= 11 is 4.86. The molecule has 0 atom stereocenters. The molecule has 2 aromatic carbocycles. The molecule has 11 heteroatoms. The number of hydrogen-bond acceptors (Lipinski definition) is 9. The van der Waals surface area contributed by atoms with E-state index in [-0.39, 0.29) is 19.1 Å². The number of nitrogens with zero attached hydrogens (tertiary/aromatic N) is 3. The van der Waals surface area contributed by atoms with Crippen molar-refractivity contribution in [2.24, 2.45) is 4.99 Å². The Balaban J connectivity index is 1.52. The van der Waals surface area contributed by atoms with Crippen molar-refractivity contribution >= 4 is 62.2 Å². The highest BCUT2D eigenvalue weighted by atomic mass is 79.9. The van der Waals surface area contributed by atoms with Crippen molar-refractivity contribution in [3.63, 3.8) is 0 Å². The van der Waals surface area contributed by atoms with Crippen molar-refractivity contribution in [3.8, 4) is 11.5 Å². The van der Waals surface area contributed by atoms with Gasteiger partial charge >= 0.3 is 5.97 Å². The van der Waals surface area contributed by atoms with Gasteiger partial charge in [0.15, 0.2) is 23.3 Å². The zero-order valence-corrected chi connectivity index (χ0v) is 24.0. The summed E-state index contributed by atoms with van der Waals surface area (Å²) in [6, 6.07) is 11.5. The van der Waals surface area contributed by atoms with Crippen molar-refractivity contribution in [3.05, 3.63) is 51.3 Å². The first-order valence-electron chi connectivity index (χ1n) is 12.3. The third kappa shape index (κ3) is 6.89. The van der Waals surface area contributed by atoms with Crippen molar-refractivity contribution in [1.82, 2.24) is 4.90 Å². The van der Waals surface area contributed by atoms with Crippen molar-refractivity contribution < 1.29 is 28.5 Å². The van der Waals surface area contributed by atoms with Crippen molar-refractivity contribution in [1.29, 1.82) is 0 Å². The van der Waals surface area contributed by atoms with E-state index < -0.39 is 5.97 Å². The van der Waals surface area contributed by atoms with Crippen LogP contribution in [0, 0.1) is 0 Å². The first kappa shape index (κ1) is 28.0. The molecule has 4 rings (SSSR count). The molecule has 38 heavy (non-hydrogen) atoms. The first-order chi connectivity index (χ1) is 18.4.